The van der Waals surface area contributed by atoms with Gasteiger partial charge in [0.05, 0.1) is 17.3 Å². The van der Waals surface area contributed by atoms with Crippen LogP contribution in [0.2, 0.25) is 0 Å². The zero-order valence-electron chi connectivity index (χ0n) is 12.7. The number of fused-ring (bicyclic) bond motifs is 1. The zero-order chi connectivity index (χ0) is 15.5. The van der Waals surface area contributed by atoms with Crippen molar-refractivity contribution in [3.63, 3.8) is 0 Å². The Morgan fingerprint density at radius 3 is 3.00 bits per heavy atom. The summed E-state index contributed by atoms with van der Waals surface area (Å²) in [5.74, 6) is 1.66. The molecule has 22 heavy (non-hydrogen) atoms. The Morgan fingerprint density at radius 1 is 1.41 bits per heavy atom. The van der Waals surface area contributed by atoms with Gasteiger partial charge in [0.1, 0.15) is 17.9 Å². The van der Waals surface area contributed by atoms with Crippen LogP contribution in [0, 0.1) is 12.8 Å². The van der Waals surface area contributed by atoms with Crippen molar-refractivity contribution in [2.75, 3.05) is 18.5 Å². The van der Waals surface area contributed by atoms with Crippen LogP contribution >= 0.6 is 0 Å². The van der Waals surface area contributed by atoms with E-state index in [4.69, 9.17) is 4.42 Å². The molecule has 0 saturated carbocycles. The second kappa shape index (κ2) is 6.15. The predicted molar refractivity (Wildman–Crippen MR) is 82.5 cm³/mol. The average molecular weight is 301 g/mol. The van der Waals surface area contributed by atoms with Gasteiger partial charge in [-0.1, -0.05) is 0 Å². The van der Waals surface area contributed by atoms with Crippen molar-refractivity contribution in [3.05, 3.63) is 36.2 Å². The number of nitrogens with zero attached hydrogens (tertiary/aromatic N) is 4. The summed E-state index contributed by atoms with van der Waals surface area (Å²) in [5.41, 5.74) is 1.67. The molecular formula is C15H19N5O2. The molecule has 7 nitrogen and oxygen atoms in total. The van der Waals surface area contributed by atoms with Crippen LogP contribution in [0.25, 0.3) is 11.0 Å². The second-order valence-electron chi connectivity index (χ2n) is 5.34. The molecule has 2 N–H and O–H groups in total. The van der Waals surface area contributed by atoms with Crippen molar-refractivity contribution in [1.29, 1.82) is 0 Å². The second-order valence-corrected chi connectivity index (χ2v) is 5.34. The van der Waals surface area contributed by atoms with Crippen molar-refractivity contribution in [2.24, 2.45) is 13.0 Å². The lowest BCUT2D eigenvalue weighted by atomic mass is 10.1. The maximum atomic E-state index is 9.54. The highest BCUT2D eigenvalue weighted by molar-refractivity contribution is 5.89. The van der Waals surface area contributed by atoms with E-state index in [0.717, 1.165) is 28.3 Å². The lowest BCUT2D eigenvalue weighted by Crippen LogP contribution is -2.20. The first-order chi connectivity index (χ1) is 10.7. The summed E-state index contributed by atoms with van der Waals surface area (Å²) >= 11 is 0. The smallest absolute Gasteiger partial charge is 0.163 e. The number of aliphatic hydroxyl groups excluding tert-OH is 1. The molecule has 0 saturated heterocycles. The van der Waals surface area contributed by atoms with Crippen LogP contribution in [-0.4, -0.2) is 38.0 Å². The summed E-state index contributed by atoms with van der Waals surface area (Å²) in [7, 11) is 1.86. The summed E-state index contributed by atoms with van der Waals surface area (Å²) in [4.78, 5) is 8.56. The van der Waals surface area contributed by atoms with E-state index in [-0.39, 0.29) is 12.5 Å². The third kappa shape index (κ3) is 2.80. The Balaban J connectivity index is 1.75. The molecule has 0 aromatic carbocycles. The van der Waals surface area contributed by atoms with E-state index in [1.165, 1.54) is 6.33 Å². The van der Waals surface area contributed by atoms with Crippen molar-refractivity contribution in [2.45, 2.75) is 13.3 Å². The third-order valence-electron chi connectivity index (χ3n) is 3.68. The Labute approximate surface area is 128 Å². The van der Waals surface area contributed by atoms with Gasteiger partial charge in [-0.3, -0.25) is 4.68 Å². The predicted octanol–water partition coefficient (Wildman–Crippen LogP) is 1.53. The van der Waals surface area contributed by atoms with Gasteiger partial charge in [-0.15, -0.1) is 0 Å². The zero-order valence-corrected chi connectivity index (χ0v) is 12.7. The third-order valence-corrected chi connectivity index (χ3v) is 3.68. The van der Waals surface area contributed by atoms with E-state index in [1.807, 2.05) is 26.1 Å². The van der Waals surface area contributed by atoms with E-state index in [2.05, 4.69) is 20.4 Å². The van der Waals surface area contributed by atoms with Crippen LogP contribution < -0.4 is 5.32 Å². The minimum Gasteiger partial charge on any atom is -0.469 e. The molecule has 116 valence electrons. The molecule has 0 aliphatic carbocycles. The quantitative estimate of drug-likeness (QED) is 0.717. The topological polar surface area (TPSA) is 89.0 Å². The fraction of sp³-hybridized carbons (Fsp3) is 0.400. The van der Waals surface area contributed by atoms with E-state index in [1.54, 1.807) is 10.9 Å². The Hall–Kier alpha value is -2.41. The largest absolute Gasteiger partial charge is 0.469 e. The number of anilines is 1. The molecule has 0 bridgehead atoms. The monoisotopic (exact) mass is 301 g/mol. The van der Waals surface area contributed by atoms with Crippen LogP contribution in [0.5, 0.6) is 0 Å². The molecule has 0 aliphatic heterocycles. The van der Waals surface area contributed by atoms with Gasteiger partial charge in [-0.2, -0.15) is 5.10 Å². The standard InChI is InChI=1S/C15H19N5O2/c1-10-13-14(17-9-18-15(13)20(2)19-10)16-7-11(8-21)6-12-4-3-5-22-12/h3-5,9,11,21H,6-8H2,1-2H3,(H,16,17,18). The molecule has 1 unspecified atom stereocenters. The van der Waals surface area contributed by atoms with Crippen molar-refractivity contribution in [3.8, 4) is 0 Å². The lowest BCUT2D eigenvalue weighted by molar-refractivity contribution is 0.226. The van der Waals surface area contributed by atoms with Crippen molar-refractivity contribution in [1.82, 2.24) is 19.7 Å². The van der Waals surface area contributed by atoms with Crippen molar-refractivity contribution >= 4 is 16.9 Å². The summed E-state index contributed by atoms with van der Waals surface area (Å²) in [6.07, 6.45) is 3.84. The summed E-state index contributed by atoms with van der Waals surface area (Å²) in [6.45, 7) is 2.61. The molecule has 0 aliphatic rings. The molecule has 0 fully saturated rings. The average Bonchev–Trinajstić information content (AvgIpc) is 3.12. The Bertz CT molecular complexity index is 751. The minimum atomic E-state index is 0.0492. The van der Waals surface area contributed by atoms with Gasteiger partial charge in [0.25, 0.3) is 0 Å². The van der Waals surface area contributed by atoms with E-state index >= 15 is 0 Å². The summed E-state index contributed by atoms with van der Waals surface area (Å²) in [6, 6.07) is 3.76. The Kier molecular flexibility index (Phi) is 4.06. The number of rotatable bonds is 6. The number of aromatic nitrogens is 4. The molecular weight excluding hydrogens is 282 g/mol. The lowest BCUT2D eigenvalue weighted by Gasteiger charge is -2.14. The van der Waals surface area contributed by atoms with E-state index in [0.29, 0.717) is 13.0 Å². The molecule has 0 radical (unpaired) electrons. The first-order valence-corrected chi connectivity index (χ1v) is 7.20. The van der Waals surface area contributed by atoms with Gasteiger partial charge in [0.15, 0.2) is 5.65 Å². The summed E-state index contributed by atoms with van der Waals surface area (Å²) < 4.78 is 7.07. The van der Waals surface area contributed by atoms with Crippen LogP contribution in [0.15, 0.2) is 29.1 Å². The molecule has 3 rings (SSSR count). The van der Waals surface area contributed by atoms with Gasteiger partial charge >= 0.3 is 0 Å². The van der Waals surface area contributed by atoms with Crippen LogP contribution in [0.1, 0.15) is 11.5 Å². The maximum absolute atomic E-state index is 9.54. The number of furan rings is 1. The highest BCUT2D eigenvalue weighted by Crippen LogP contribution is 2.22. The Morgan fingerprint density at radius 2 is 2.27 bits per heavy atom. The molecule has 3 aromatic rings. The molecule has 3 heterocycles. The number of aliphatic hydroxyl groups is 1. The highest BCUT2D eigenvalue weighted by atomic mass is 16.3. The summed E-state index contributed by atoms with van der Waals surface area (Å²) in [5, 5.41) is 18.1. The van der Waals surface area contributed by atoms with Crippen molar-refractivity contribution < 1.29 is 9.52 Å². The number of aryl methyl sites for hydroxylation is 2. The van der Waals surface area contributed by atoms with Gasteiger partial charge in [-0.25, -0.2) is 9.97 Å². The van der Waals surface area contributed by atoms with Crippen LogP contribution in [-0.2, 0) is 13.5 Å². The fourth-order valence-electron chi connectivity index (χ4n) is 2.57. The maximum Gasteiger partial charge on any atom is 0.163 e. The first kappa shape index (κ1) is 14.5. The molecule has 7 heteroatoms. The molecule has 1 atom stereocenters. The van der Waals surface area contributed by atoms with E-state index in [9.17, 15) is 5.11 Å². The van der Waals surface area contributed by atoms with E-state index < -0.39 is 0 Å². The SMILES string of the molecule is Cc1nn(C)c2ncnc(NCC(CO)Cc3ccco3)c12. The first-order valence-electron chi connectivity index (χ1n) is 7.20. The van der Waals surface area contributed by atoms with Gasteiger partial charge < -0.3 is 14.8 Å². The highest BCUT2D eigenvalue weighted by Gasteiger charge is 2.15. The number of hydrogen-bond donors (Lipinski definition) is 2. The minimum absolute atomic E-state index is 0.0492. The molecule has 0 amide bonds. The molecule has 0 spiro atoms. The van der Waals surface area contributed by atoms with Gasteiger partial charge in [0, 0.05) is 32.5 Å². The molecule has 3 aromatic heterocycles. The number of nitrogens with one attached hydrogen (secondary N) is 1. The van der Waals surface area contributed by atoms with Gasteiger partial charge in [-0.05, 0) is 19.1 Å². The van der Waals surface area contributed by atoms with Crippen LogP contribution in [0.4, 0.5) is 5.82 Å². The number of hydrogen-bond acceptors (Lipinski definition) is 6. The van der Waals surface area contributed by atoms with Crippen LogP contribution in [0.3, 0.4) is 0 Å². The fourth-order valence-corrected chi connectivity index (χ4v) is 2.57. The normalized spacial score (nSPS) is 12.7. The van der Waals surface area contributed by atoms with Gasteiger partial charge in [0.2, 0.25) is 0 Å².